The first kappa shape index (κ1) is 36.8. The molecule has 0 radical (unpaired) electrons. The first-order chi connectivity index (χ1) is 27.7. The van der Waals surface area contributed by atoms with Gasteiger partial charge in [-0.3, -0.25) is 0 Å². The summed E-state index contributed by atoms with van der Waals surface area (Å²) in [6.07, 6.45) is 4.85. The van der Waals surface area contributed by atoms with Gasteiger partial charge < -0.3 is 9.80 Å². The molecular formula is C55H54N2. The van der Waals surface area contributed by atoms with Gasteiger partial charge in [-0.2, -0.15) is 0 Å². The molecule has 0 saturated heterocycles. The SMILES string of the molecule is CC1(C)c2ccccc2-c2ccc(N(c3ccccc3)c3ccc(C4(c5ccc(N(c6ccccc6)c6ccccc6)cc5)CCCCC4C(C)(C)C)cc3)cc21. The van der Waals surface area contributed by atoms with Crippen LogP contribution in [0.15, 0.2) is 182 Å². The average Bonchev–Trinajstić information content (AvgIpc) is 3.47. The van der Waals surface area contributed by atoms with Crippen LogP contribution in [0.25, 0.3) is 11.1 Å². The van der Waals surface area contributed by atoms with Crippen molar-refractivity contribution in [1.29, 1.82) is 0 Å². The van der Waals surface area contributed by atoms with Crippen LogP contribution >= 0.6 is 0 Å². The zero-order valence-corrected chi connectivity index (χ0v) is 34.1. The first-order valence-corrected chi connectivity index (χ1v) is 20.9. The fourth-order valence-corrected chi connectivity index (χ4v) is 10.5. The van der Waals surface area contributed by atoms with Crippen LogP contribution in [0.2, 0.25) is 0 Å². The highest BCUT2D eigenvalue weighted by molar-refractivity contribution is 5.85. The predicted octanol–water partition coefficient (Wildman–Crippen LogP) is 15.5. The van der Waals surface area contributed by atoms with Crippen molar-refractivity contribution in [1.82, 2.24) is 0 Å². The molecule has 0 N–H and O–H groups in total. The molecule has 0 bridgehead atoms. The summed E-state index contributed by atoms with van der Waals surface area (Å²) in [6, 6.07) is 67.6. The molecule has 9 rings (SSSR count). The third-order valence-electron chi connectivity index (χ3n) is 13.1. The van der Waals surface area contributed by atoms with Gasteiger partial charge in [-0.1, -0.05) is 157 Å². The fraction of sp³-hybridized carbons (Fsp3) is 0.236. The minimum Gasteiger partial charge on any atom is -0.311 e. The lowest BCUT2D eigenvalue weighted by atomic mass is 9.52. The predicted molar refractivity (Wildman–Crippen MR) is 242 cm³/mol. The molecule has 7 aromatic rings. The smallest absolute Gasteiger partial charge is 0.0465 e. The van der Waals surface area contributed by atoms with Crippen LogP contribution in [-0.2, 0) is 10.8 Å². The van der Waals surface area contributed by atoms with Crippen LogP contribution in [0, 0.1) is 11.3 Å². The topological polar surface area (TPSA) is 6.48 Å². The molecular weight excluding hydrogens is 689 g/mol. The second kappa shape index (κ2) is 14.6. The Morgan fingerprint density at radius 2 is 0.860 bits per heavy atom. The third kappa shape index (κ3) is 6.46. The number of rotatable bonds is 8. The van der Waals surface area contributed by atoms with Crippen LogP contribution in [0.4, 0.5) is 34.1 Å². The molecule has 57 heavy (non-hydrogen) atoms. The van der Waals surface area contributed by atoms with E-state index in [2.05, 4.69) is 226 Å². The normalized spacial score (nSPS) is 18.4. The van der Waals surface area contributed by atoms with Gasteiger partial charge in [-0.15, -0.1) is 0 Å². The Balaban J connectivity index is 1.14. The number of anilines is 6. The van der Waals surface area contributed by atoms with E-state index in [4.69, 9.17) is 0 Å². The summed E-state index contributed by atoms with van der Waals surface area (Å²) in [6.45, 7) is 12.1. The van der Waals surface area contributed by atoms with Gasteiger partial charge in [0.2, 0.25) is 0 Å². The van der Waals surface area contributed by atoms with E-state index in [-0.39, 0.29) is 16.2 Å². The summed E-state index contributed by atoms with van der Waals surface area (Å²) in [4.78, 5) is 4.80. The zero-order chi connectivity index (χ0) is 39.2. The molecule has 7 aromatic carbocycles. The molecule has 2 heteroatoms. The summed E-state index contributed by atoms with van der Waals surface area (Å²) in [5.74, 6) is 0.487. The number of para-hydroxylation sites is 3. The van der Waals surface area contributed by atoms with Crippen molar-refractivity contribution < 1.29 is 0 Å². The van der Waals surface area contributed by atoms with Gasteiger partial charge in [0.25, 0.3) is 0 Å². The highest BCUT2D eigenvalue weighted by Gasteiger charge is 2.48. The van der Waals surface area contributed by atoms with Crippen molar-refractivity contribution in [3.8, 4) is 11.1 Å². The molecule has 1 fully saturated rings. The molecule has 0 aliphatic heterocycles. The third-order valence-corrected chi connectivity index (χ3v) is 13.1. The van der Waals surface area contributed by atoms with Crippen LogP contribution in [-0.4, -0.2) is 0 Å². The number of hydrogen-bond acceptors (Lipinski definition) is 2. The van der Waals surface area contributed by atoms with Crippen molar-refractivity contribution >= 4 is 34.1 Å². The fourth-order valence-electron chi connectivity index (χ4n) is 10.5. The molecule has 2 nitrogen and oxygen atoms in total. The van der Waals surface area contributed by atoms with Gasteiger partial charge in [0.1, 0.15) is 0 Å². The van der Waals surface area contributed by atoms with Crippen LogP contribution < -0.4 is 9.80 Å². The van der Waals surface area contributed by atoms with E-state index in [1.54, 1.807) is 0 Å². The quantitative estimate of drug-likeness (QED) is 0.153. The van der Waals surface area contributed by atoms with Gasteiger partial charge in [-0.05, 0) is 130 Å². The Bertz CT molecular complexity index is 2420. The Kier molecular flexibility index (Phi) is 9.40. The Morgan fingerprint density at radius 3 is 1.37 bits per heavy atom. The standard InChI is InChI=1S/C55H54N2/c1-53(2,3)52-27-17-18-38-55(52,40-28-32-45(33-29-40)56(42-19-9-6-10-20-42)43-21-11-7-12-22-43)41-30-34-46(35-31-41)57(44-23-13-8-14-24-44)47-36-37-49-48-25-15-16-26-50(48)54(4,5)51(49)39-47/h6-16,19-26,28-37,39,52H,17-18,27,38H2,1-5H3. The molecule has 1 saturated carbocycles. The Morgan fingerprint density at radius 1 is 0.439 bits per heavy atom. The molecule has 284 valence electrons. The summed E-state index contributed by atoms with van der Waals surface area (Å²) in [5, 5.41) is 0. The van der Waals surface area contributed by atoms with E-state index in [1.165, 1.54) is 69.7 Å². The highest BCUT2D eigenvalue weighted by Crippen LogP contribution is 2.56. The van der Waals surface area contributed by atoms with Crippen molar-refractivity contribution in [3.05, 3.63) is 204 Å². The first-order valence-electron chi connectivity index (χ1n) is 20.9. The van der Waals surface area contributed by atoms with E-state index in [0.717, 1.165) is 23.5 Å². The largest absolute Gasteiger partial charge is 0.311 e. The minimum absolute atomic E-state index is 0.0712. The van der Waals surface area contributed by atoms with Crippen molar-refractivity contribution in [3.63, 3.8) is 0 Å². The maximum absolute atomic E-state index is 2.46. The Labute approximate surface area is 340 Å². The van der Waals surface area contributed by atoms with Gasteiger partial charge >= 0.3 is 0 Å². The maximum atomic E-state index is 2.46. The van der Waals surface area contributed by atoms with Gasteiger partial charge in [-0.25, -0.2) is 0 Å². The number of hydrogen-bond donors (Lipinski definition) is 0. The van der Waals surface area contributed by atoms with Crippen LogP contribution in [0.3, 0.4) is 0 Å². The molecule has 2 atom stereocenters. The lowest BCUT2D eigenvalue weighted by Gasteiger charge is -2.51. The highest BCUT2D eigenvalue weighted by atomic mass is 15.1. The van der Waals surface area contributed by atoms with Gasteiger partial charge in [0.15, 0.2) is 0 Å². The van der Waals surface area contributed by atoms with Crippen molar-refractivity contribution in [2.24, 2.45) is 11.3 Å². The molecule has 2 unspecified atom stereocenters. The molecule has 2 aliphatic rings. The maximum Gasteiger partial charge on any atom is 0.0465 e. The summed E-state index contributed by atoms with van der Waals surface area (Å²) < 4.78 is 0. The second-order valence-corrected chi connectivity index (χ2v) is 17.8. The van der Waals surface area contributed by atoms with E-state index < -0.39 is 0 Å². The lowest BCUT2D eigenvalue weighted by molar-refractivity contribution is 0.100. The number of nitrogens with zero attached hydrogens (tertiary/aromatic N) is 2. The monoisotopic (exact) mass is 742 g/mol. The van der Waals surface area contributed by atoms with Crippen molar-refractivity contribution in [2.75, 3.05) is 9.80 Å². The zero-order valence-electron chi connectivity index (χ0n) is 34.1. The summed E-state index contributed by atoms with van der Waals surface area (Å²) in [5.41, 5.74) is 15.3. The molecule has 0 heterocycles. The van der Waals surface area contributed by atoms with Crippen LogP contribution in [0.5, 0.6) is 0 Å². The minimum atomic E-state index is -0.112. The summed E-state index contributed by atoms with van der Waals surface area (Å²) >= 11 is 0. The van der Waals surface area contributed by atoms with E-state index in [9.17, 15) is 0 Å². The van der Waals surface area contributed by atoms with Crippen LogP contribution in [0.1, 0.15) is 82.6 Å². The van der Waals surface area contributed by atoms with E-state index in [1.807, 2.05) is 0 Å². The second-order valence-electron chi connectivity index (χ2n) is 17.8. The van der Waals surface area contributed by atoms with E-state index in [0.29, 0.717) is 5.92 Å². The Hall–Kier alpha value is -5.86. The summed E-state index contributed by atoms with van der Waals surface area (Å²) in [7, 11) is 0. The molecule has 0 spiro atoms. The average molecular weight is 743 g/mol. The lowest BCUT2D eigenvalue weighted by Crippen LogP contribution is -2.45. The number of benzene rings is 7. The van der Waals surface area contributed by atoms with Crippen molar-refractivity contribution in [2.45, 2.75) is 71.1 Å². The van der Waals surface area contributed by atoms with Gasteiger partial charge in [0.05, 0.1) is 0 Å². The molecule has 0 aromatic heterocycles. The molecule has 0 amide bonds. The van der Waals surface area contributed by atoms with E-state index >= 15 is 0 Å². The van der Waals surface area contributed by atoms with Gasteiger partial charge in [0, 0.05) is 45.0 Å². The molecule has 2 aliphatic carbocycles. The number of fused-ring (bicyclic) bond motifs is 3.